The van der Waals surface area contributed by atoms with Crippen LogP contribution in [0.1, 0.15) is 41.1 Å². The normalized spacial score (nSPS) is 13.8. The number of terminal acetylenes is 1. The largest absolute Gasteiger partial charge is 0.239 e. The molecule has 0 amide bonds. The van der Waals surface area contributed by atoms with Crippen LogP contribution in [0.4, 0.5) is 0 Å². The fraction of sp³-hybridized carbons (Fsp3) is 0.250. The highest BCUT2D eigenvalue weighted by molar-refractivity contribution is 5.47. The number of nitriles is 1. The van der Waals surface area contributed by atoms with Crippen LogP contribution in [0.15, 0.2) is 24.4 Å². The van der Waals surface area contributed by atoms with E-state index in [1.54, 1.807) is 4.68 Å². The average Bonchev–Trinajstić information content (AvgIpc) is 3.17. The third-order valence-electron chi connectivity index (χ3n) is 3.32. The van der Waals surface area contributed by atoms with Crippen molar-refractivity contribution in [2.45, 2.75) is 25.7 Å². The second-order valence-electron chi connectivity index (χ2n) is 4.96. The molecular weight excluding hydrogens is 234 g/mol. The minimum Gasteiger partial charge on any atom is -0.239 e. The lowest BCUT2D eigenvalue weighted by Gasteiger charge is -2.03. The van der Waals surface area contributed by atoms with Gasteiger partial charge in [-0.1, -0.05) is 5.92 Å². The zero-order valence-electron chi connectivity index (χ0n) is 10.7. The molecule has 0 radical (unpaired) electrons. The number of rotatable bonds is 2. The molecule has 0 unspecified atom stereocenters. The van der Waals surface area contributed by atoms with Crippen molar-refractivity contribution in [1.82, 2.24) is 9.78 Å². The van der Waals surface area contributed by atoms with Crippen LogP contribution in [-0.4, -0.2) is 9.78 Å². The molecule has 1 aromatic heterocycles. The van der Waals surface area contributed by atoms with E-state index in [2.05, 4.69) is 17.1 Å². The maximum Gasteiger partial charge on any atom is 0.0992 e. The Kier molecular flexibility index (Phi) is 2.62. The lowest BCUT2D eigenvalue weighted by Crippen LogP contribution is -1.97. The van der Waals surface area contributed by atoms with E-state index >= 15 is 0 Å². The molecule has 3 rings (SSSR count). The van der Waals surface area contributed by atoms with Gasteiger partial charge in [-0.3, -0.25) is 0 Å². The third-order valence-corrected chi connectivity index (χ3v) is 3.32. The molecule has 3 nitrogen and oxygen atoms in total. The van der Waals surface area contributed by atoms with E-state index in [-0.39, 0.29) is 0 Å². The fourth-order valence-corrected chi connectivity index (χ4v) is 2.25. The van der Waals surface area contributed by atoms with Crippen LogP contribution in [0, 0.1) is 30.6 Å². The van der Waals surface area contributed by atoms with Crippen molar-refractivity contribution in [3.05, 3.63) is 46.8 Å². The van der Waals surface area contributed by atoms with E-state index in [0.717, 1.165) is 22.5 Å². The van der Waals surface area contributed by atoms with Gasteiger partial charge in [-0.25, -0.2) is 4.68 Å². The van der Waals surface area contributed by atoms with Crippen molar-refractivity contribution in [2.75, 3.05) is 0 Å². The topological polar surface area (TPSA) is 41.6 Å². The maximum atomic E-state index is 9.03. The van der Waals surface area contributed by atoms with Gasteiger partial charge in [0.1, 0.15) is 0 Å². The minimum atomic E-state index is 0.521. The SMILES string of the molecule is C#Cc1cn(-c2cc(C)cc(C#N)c2)nc1C1CC1. The predicted octanol–water partition coefficient (Wildman–Crippen LogP) is 2.91. The number of benzene rings is 1. The summed E-state index contributed by atoms with van der Waals surface area (Å²) in [7, 11) is 0. The number of hydrogen-bond acceptors (Lipinski definition) is 2. The van der Waals surface area contributed by atoms with Gasteiger partial charge in [0, 0.05) is 12.1 Å². The molecule has 1 aromatic carbocycles. The van der Waals surface area contributed by atoms with Crippen LogP contribution in [0.25, 0.3) is 5.69 Å². The van der Waals surface area contributed by atoms with Gasteiger partial charge < -0.3 is 0 Å². The predicted molar refractivity (Wildman–Crippen MR) is 72.9 cm³/mol. The molecular formula is C16H13N3. The van der Waals surface area contributed by atoms with E-state index in [9.17, 15) is 0 Å². The van der Waals surface area contributed by atoms with Crippen molar-refractivity contribution >= 4 is 0 Å². The highest BCUT2D eigenvalue weighted by Gasteiger charge is 2.29. The van der Waals surface area contributed by atoms with Gasteiger partial charge in [0.15, 0.2) is 0 Å². The monoisotopic (exact) mass is 247 g/mol. The van der Waals surface area contributed by atoms with Crippen LogP contribution >= 0.6 is 0 Å². The Hall–Kier alpha value is -2.52. The first-order chi connectivity index (χ1) is 9.21. The van der Waals surface area contributed by atoms with Gasteiger partial charge in [0.25, 0.3) is 0 Å². The molecule has 1 fully saturated rings. The van der Waals surface area contributed by atoms with Crippen molar-refractivity contribution in [3.8, 4) is 24.1 Å². The molecule has 0 spiro atoms. The average molecular weight is 247 g/mol. The molecule has 1 saturated carbocycles. The zero-order chi connectivity index (χ0) is 13.4. The molecule has 0 aliphatic heterocycles. The Bertz CT molecular complexity index is 721. The summed E-state index contributed by atoms with van der Waals surface area (Å²) in [6.07, 6.45) is 9.76. The van der Waals surface area contributed by atoms with Crippen LogP contribution in [-0.2, 0) is 0 Å². The van der Waals surface area contributed by atoms with E-state index in [0.29, 0.717) is 11.5 Å². The number of nitrogens with zero attached hydrogens (tertiary/aromatic N) is 3. The minimum absolute atomic E-state index is 0.521. The number of aromatic nitrogens is 2. The maximum absolute atomic E-state index is 9.03. The van der Waals surface area contributed by atoms with Gasteiger partial charge in [-0.05, 0) is 43.5 Å². The molecule has 1 heterocycles. The standard InChI is InChI=1S/C16H13N3/c1-3-13-10-19(18-16(13)14-4-5-14)15-7-11(2)6-12(8-15)9-17/h1,6-8,10,14H,4-5H2,2H3. The molecule has 0 saturated heterocycles. The summed E-state index contributed by atoms with van der Waals surface area (Å²) in [6.45, 7) is 1.97. The summed E-state index contributed by atoms with van der Waals surface area (Å²) in [4.78, 5) is 0. The lowest BCUT2D eigenvalue weighted by molar-refractivity contribution is 0.836. The van der Waals surface area contributed by atoms with E-state index in [4.69, 9.17) is 11.7 Å². The smallest absolute Gasteiger partial charge is 0.0992 e. The summed E-state index contributed by atoms with van der Waals surface area (Å²) in [6, 6.07) is 7.86. The first-order valence-corrected chi connectivity index (χ1v) is 6.29. The second kappa shape index (κ2) is 4.30. The van der Waals surface area contributed by atoms with Crippen LogP contribution in [0.2, 0.25) is 0 Å². The number of hydrogen-bond donors (Lipinski definition) is 0. The molecule has 92 valence electrons. The van der Waals surface area contributed by atoms with Gasteiger partial charge in [-0.15, -0.1) is 6.42 Å². The van der Waals surface area contributed by atoms with Gasteiger partial charge in [0.2, 0.25) is 0 Å². The summed E-state index contributed by atoms with van der Waals surface area (Å²) in [5.74, 6) is 3.22. The molecule has 0 atom stereocenters. The van der Waals surface area contributed by atoms with Gasteiger partial charge >= 0.3 is 0 Å². The third kappa shape index (κ3) is 2.11. The molecule has 3 heteroatoms. The quantitative estimate of drug-likeness (QED) is 0.766. The Labute approximate surface area is 112 Å². The Morgan fingerprint density at radius 3 is 2.79 bits per heavy atom. The van der Waals surface area contributed by atoms with E-state index < -0.39 is 0 Å². The molecule has 1 aliphatic carbocycles. The summed E-state index contributed by atoms with van der Waals surface area (Å²) in [5, 5.41) is 13.6. The van der Waals surface area contributed by atoms with E-state index in [1.165, 1.54) is 12.8 Å². The molecule has 19 heavy (non-hydrogen) atoms. The Morgan fingerprint density at radius 1 is 1.37 bits per heavy atom. The summed E-state index contributed by atoms with van der Waals surface area (Å²) >= 11 is 0. The van der Waals surface area contributed by atoms with Crippen LogP contribution in [0.5, 0.6) is 0 Å². The van der Waals surface area contributed by atoms with Gasteiger partial charge in [-0.2, -0.15) is 10.4 Å². The fourth-order valence-electron chi connectivity index (χ4n) is 2.25. The molecule has 1 aliphatic rings. The van der Waals surface area contributed by atoms with E-state index in [1.807, 2.05) is 31.3 Å². The van der Waals surface area contributed by atoms with Crippen molar-refractivity contribution < 1.29 is 0 Å². The summed E-state index contributed by atoms with van der Waals surface area (Å²) in [5.41, 5.74) is 4.45. The Balaban J connectivity index is 2.10. The number of aryl methyl sites for hydroxylation is 1. The Morgan fingerprint density at radius 2 is 2.16 bits per heavy atom. The van der Waals surface area contributed by atoms with Crippen LogP contribution in [0.3, 0.4) is 0 Å². The molecule has 0 bridgehead atoms. The first-order valence-electron chi connectivity index (χ1n) is 6.29. The zero-order valence-corrected chi connectivity index (χ0v) is 10.7. The highest BCUT2D eigenvalue weighted by Crippen LogP contribution is 2.40. The molecule has 0 N–H and O–H groups in total. The van der Waals surface area contributed by atoms with Gasteiger partial charge in [0.05, 0.1) is 28.6 Å². The van der Waals surface area contributed by atoms with Crippen LogP contribution < -0.4 is 0 Å². The van der Waals surface area contributed by atoms with Crippen molar-refractivity contribution in [2.24, 2.45) is 0 Å². The lowest BCUT2D eigenvalue weighted by atomic mass is 10.1. The first kappa shape index (κ1) is 11.6. The second-order valence-corrected chi connectivity index (χ2v) is 4.96. The highest BCUT2D eigenvalue weighted by atomic mass is 15.3. The summed E-state index contributed by atoms with van der Waals surface area (Å²) < 4.78 is 1.79. The molecule has 2 aromatic rings. The van der Waals surface area contributed by atoms with Crippen molar-refractivity contribution in [1.29, 1.82) is 5.26 Å². The van der Waals surface area contributed by atoms with Crippen molar-refractivity contribution in [3.63, 3.8) is 0 Å².